The Morgan fingerprint density at radius 2 is 2.04 bits per heavy atom. The number of likely N-dealkylation sites (tertiary alicyclic amines) is 1. The van der Waals surface area contributed by atoms with Gasteiger partial charge in [-0.3, -0.25) is 9.78 Å². The van der Waals surface area contributed by atoms with E-state index < -0.39 is 0 Å². The summed E-state index contributed by atoms with van der Waals surface area (Å²) in [5.74, 6) is 1.44. The smallest absolute Gasteiger partial charge is 0.226 e. The lowest BCUT2D eigenvalue weighted by Gasteiger charge is -2.17. The van der Waals surface area contributed by atoms with Gasteiger partial charge in [0, 0.05) is 25.5 Å². The average molecular weight is 362 g/mol. The lowest BCUT2D eigenvalue weighted by Crippen LogP contribution is -2.30. The molecule has 0 spiro atoms. The molecule has 3 heterocycles. The third-order valence-corrected chi connectivity index (χ3v) is 5.05. The normalized spacial score (nSPS) is 16.6. The predicted molar refractivity (Wildman–Crippen MR) is 100 cm³/mol. The molecule has 7 nitrogen and oxygen atoms in total. The fourth-order valence-corrected chi connectivity index (χ4v) is 3.59. The van der Waals surface area contributed by atoms with Crippen LogP contribution >= 0.6 is 0 Å². The van der Waals surface area contributed by atoms with Crippen molar-refractivity contribution in [2.75, 3.05) is 13.1 Å². The molecule has 0 aliphatic carbocycles. The molecule has 4 rings (SSSR count). The number of pyridine rings is 1. The van der Waals surface area contributed by atoms with Crippen LogP contribution in [-0.2, 0) is 17.6 Å². The highest BCUT2D eigenvalue weighted by atomic mass is 16.2. The van der Waals surface area contributed by atoms with Gasteiger partial charge in [0.25, 0.3) is 0 Å². The van der Waals surface area contributed by atoms with Gasteiger partial charge < -0.3 is 4.90 Å². The summed E-state index contributed by atoms with van der Waals surface area (Å²) in [5.41, 5.74) is 3.14. The minimum atomic E-state index is 0.190. The van der Waals surface area contributed by atoms with Gasteiger partial charge in [-0.1, -0.05) is 18.2 Å². The van der Waals surface area contributed by atoms with Crippen LogP contribution in [0.5, 0.6) is 0 Å². The second-order valence-corrected chi connectivity index (χ2v) is 7.04. The maximum atomic E-state index is 12.7. The van der Waals surface area contributed by atoms with Crippen LogP contribution in [0.4, 0.5) is 0 Å². The first kappa shape index (κ1) is 17.3. The summed E-state index contributed by atoms with van der Waals surface area (Å²) in [6, 6.07) is 11.9. The number of aromatic nitrogens is 5. The Morgan fingerprint density at radius 3 is 2.74 bits per heavy atom. The summed E-state index contributed by atoms with van der Waals surface area (Å²) in [6.45, 7) is 3.52. The largest absolute Gasteiger partial charge is 0.342 e. The third kappa shape index (κ3) is 4.02. The van der Waals surface area contributed by atoms with Crippen molar-refractivity contribution in [3.63, 3.8) is 0 Å². The second kappa shape index (κ2) is 7.65. The Kier molecular flexibility index (Phi) is 4.91. The molecule has 0 radical (unpaired) electrons. The topological polar surface area (TPSA) is 76.8 Å². The molecule has 138 valence electrons. The maximum Gasteiger partial charge on any atom is 0.226 e. The van der Waals surface area contributed by atoms with E-state index in [1.54, 1.807) is 10.9 Å². The molecule has 7 heteroatoms. The molecular formula is C20H22N6O. The molecule has 1 atom stereocenters. The SMILES string of the molecule is Cc1nnnn1-c1ccc(CC(=O)N2CCC(Cc3cccnc3)C2)cc1. The first-order chi connectivity index (χ1) is 13.2. The van der Waals surface area contributed by atoms with Gasteiger partial charge in [-0.25, -0.2) is 0 Å². The monoisotopic (exact) mass is 362 g/mol. The molecule has 2 aromatic heterocycles. The van der Waals surface area contributed by atoms with Gasteiger partial charge in [-0.05, 0) is 65.4 Å². The number of benzene rings is 1. The summed E-state index contributed by atoms with van der Waals surface area (Å²) in [5, 5.41) is 11.5. The lowest BCUT2D eigenvalue weighted by atomic mass is 10.00. The second-order valence-electron chi connectivity index (χ2n) is 7.04. The van der Waals surface area contributed by atoms with Crippen LogP contribution in [-0.4, -0.2) is 49.1 Å². The van der Waals surface area contributed by atoms with E-state index in [9.17, 15) is 4.79 Å². The molecular weight excluding hydrogens is 340 g/mol. The lowest BCUT2D eigenvalue weighted by molar-refractivity contribution is -0.129. The number of carbonyl (C=O) groups is 1. The van der Waals surface area contributed by atoms with E-state index in [1.165, 1.54) is 5.56 Å². The summed E-state index contributed by atoms with van der Waals surface area (Å²) >= 11 is 0. The highest BCUT2D eigenvalue weighted by Gasteiger charge is 2.26. The average Bonchev–Trinajstić information content (AvgIpc) is 3.32. The highest BCUT2D eigenvalue weighted by molar-refractivity contribution is 5.79. The van der Waals surface area contributed by atoms with E-state index in [2.05, 4.69) is 26.6 Å². The molecule has 27 heavy (non-hydrogen) atoms. The third-order valence-electron chi connectivity index (χ3n) is 5.05. The van der Waals surface area contributed by atoms with Crippen molar-refractivity contribution in [1.82, 2.24) is 30.1 Å². The van der Waals surface area contributed by atoms with Crippen LogP contribution in [0.3, 0.4) is 0 Å². The zero-order valence-corrected chi connectivity index (χ0v) is 15.3. The molecule has 1 aliphatic heterocycles. The van der Waals surface area contributed by atoms with Crippen LogP contribution < -0.4 is 0 Å². The minimum absolute atomic E-state index is 0.190. The van der Waals surface area contributed by atoms with Crippen molar-refractivity contribution in [2.24, 2.45) is 5.92 Å². The fraction of sp³-hybridized carbons (Fsp3) is 0.350. The molecule has 1 unspecified atom stereocenters. The molecule has 0 saturated carbocycles. The van der Waals surface area contributed by atoms with Crippen molar-refractivity contribution in [2.45, 2.75) is 26.2 Å². The highest BCUT2D eigenvalue weighted by Crippen LogP contribution is 2.21. The zero-order valence-electron chi connectivity index (χ0n) is 15.3. The molecule has 1 fully saturated rings. The van der Waals surface area contributed by atoms with E-state index >= 15 is 0 Å². The van der Waals surface area contributed by atoms with Crippen LogP contribution in [0.15, 0.2) is 48.8 Å². The Hall–Kier alpha value is -3.09. The summed E-state index contributed by atoms with van der Waals surface area (Å²) in [6.07, 6.45) is 6.17. The standard InChI is InChI=1S/C20H22N6O/c1-15-22-23-24-26(15)19-6-4-16(5-7-19)12-20(27)25-10-8-18(14-25)11-17-3-2-9-21-13-17/h2-7,9,13,18H,8,10-12,14H2,1H3. The summed E-state index contributed by atoms with van der Waals surface area (Å²) < 4.78 is 1.68. The molecule has 1 amide bonds. The maximum absolute atomic E-state index is 12.7. The minimum Gasteiger partial charge on any atom is -0.342 e. The first-order valence-electron chi connectivity index (χ1n) is 9.20. The zero-order chi connectivity index (χ0) is 18.6. The van der Waals surface area contributed by atoms with Crippen molar-refractivity contribution in [3.05, 3.63) is 65.7 Å². The van der Waals surface area contributed by atoms with Crippen molar-refractivity contribution < 1.29 is 4.79 Å². The van der Waals surface area contributed by atoms with Gasteiger partial charge in [0.05, 0.1) is 12.1 Å². The fourth-order valence-electron chi connectivity index (χ4n) is 3.59. The van der Waals surface area contributed by atoms with E-state index in [-0.39, 0.29) is 5.91 Å². The number of rotatable bonds is 5. The summed E-state index contributed by atoms with van der Waals surface area (Å²) in [7, 11) is 0. The van der Waals surface area contributed by atoms with E-state index in [1.807, 2.05) is 48.4 Å². The van der Waals surface area contributed by atoms with Crippen LogP contribution in [0.25, 0.3) is 5.69 Å². The van der Waals surface area contributed by atoms with Gasteiger partial charge >= 0.3 is 0 Å². The Morgan fingerprint density at radius 1 is 1.19 bits per heavy atom. The number of hydrogen-bond acceptors (Lipinski definition) is 5. The molecule has 0 N–H and O–H groups in total. The van der Waals surface area contributed by atoms with Gasteiger partial charge in [0.2, 0.25) is 5.91 Å². The van der Waals surface area contributed by atoms with E-state index in [0.717, 1.165) is 43.0 Å². The van der Waals surface area contributed by atoms with Crippen LogP contribution in [0, 0.1) is 12.8 Å². The number of hydrogen-bond donors (Lipinski definition) is 0. The predicted octanol–water partition coefficient (Wildman–Crippen LogP) is 2.00. The molecule has 3 aromatic rings. The Bertz CT molecular complexity index is 906. The van der Waals surface area contributed by atoms with Crippen molar-refractivity contribution in [3.8, 4) is 5.69 Å². The van der Waals surface area contributed by atoms with Crippen molar-refractivity contribution >= 4 is 5.91 Å². The van der Waals surface area contributed by atoms with Gasteiger partial charge in [-0.15, -0.1) is 5.10 Å². The summed E-state index contributed by atoms with van der Waals surface area (Å²) in [4.78, 5) is 18.8. The quantitative estimate of drug-likeness (QED) is 0.694. The van der Waals surface area contributed by atoms with Crippen molar-refractivity contribution in [1.29, 1.82) is 0 Å². The van der Waals surface area contributed by atoms with Crippen LogP contribution in [0.2, 0.25) is 0 Å². The number of tetrazole rings is 1. The number of aryl methyl sites for hydroxylation is 1. The number of carbonyl (C=O) groups excluding carboxylic acids is 1. The Labute approximate surface area is 158 Å². The van der Waals surface area contributed by atoms with Gasteiger partial charge in [0.15, 0.2) is 5.82 Å². The first-order valence-corrected chi connectivity index (χ1v) is 9.20. The molecule has 1 aliphatic rings. The van der Waals surface area contributed by atoms with Gasteiger partial charge in [-0.2, -0.15) is 4.68 Å². The number of amides is 1. The molecule has 1 saturated heterocycles. The number of nitrogens with zero attached hydrogens (tertiary/aromatic N) is 6. The van der Waals surface area contributed by atoms with E-state index in [4.69, 9.17) is 0 Å². The molecule has 1 aromatic carbocycles. The Balaban J connectivity index is 1.33. The molecule has 0 bridgehead atoms. The van der Waals surface area contributed by atoms with Crippen LogP contribution in [0.1, 0.15) is 23.4 Å². The van der Waals surface area contributed by atoms with Gasteiger partial charge in [0.1, 0.15) is 0 Å². The van der Waals surface area contributed by atoms with E-state index in [0.29, 0.717) is 12.3 Å².